The second-order valence-corrected chi connectivity index (χ2v) is 9.72. The van der Waals surface area contributed by atoms with E-state index in [2.05, 4.69) is 65.7 Å². The zero-order valence-electron chi connectivity index (χ0n) is 23.2. The Morgan fingerprint density at radius 3 is 2.49 bits per heavy atom. The van der Waals surface area contributed by atoms with Gasteiger partial charge in [0.15, 0.2) is 11.5 Å². The summed E-state index contributed by atoms with van der Waals surface area (Å²) in [6.45, 7) is 5.63. The van der Waals surface area contributed by atoms with Gasteiger partial charge in [-0.05, 0) is 54.3 Å². The molecule has 0 bridgehead atoms. The lowest BCUT2D eigenvalue weighted by molar-refractivity contribution is 0.0619. The third-order valence-corrected chi connectivity index (χ3v) is 7.16. The summed E-state index contributed by atoms with van der Waals surface area (Å²) in [5.74, 6) is 1.48. The molecule has 1 N–H and O–H groups in total. The highest BCUT2D eigenvalue weighted by Gasteiger charge is 2.34. The van der Waals surface area contributed by atoms with E-state index in [-0.39, 0.29) is 30.3 Å². The van der Waals surface area contributed by atoms with Crippen LogP contribution in [0.4, 0.5) is 0 Å². The molecule has 7 heteroatoms. The van der Waals surface area contributed by atoms with Crippen molar-refractivity contribution in [1.29, 1.82) is 0 Å². The molecule has 0 aliphatic carbocycles. The molecule has 0 saturated carbocycles. The summed E-state index contributed by atoms with van der Waals surface area (Å²) in [5.41, 5.74) is 4.31. The molecule has 0 spiro atoms. The molecule has 3 aromatic carbocycles. The van der Waals surface area contributed by atoms with Crippen molar-refractivity contribution in [3.8, 4) is 22.6 Å². The van der Waals surface area contributed by atoms with Crippen LogP contribution in [0.15, 0.2) is 72.8 Å². The molecule has 1 heterocycles. The Kier molecular flexibility index (Phi) is 12.1. The van der Waals surface area contributed by atoms with Crippen LogP contribution in [-0.2, 0) is 4.74 Å². The van der Waals surface area contributed by atoms with Crippen LogP contribution in [0.1, 0.15) is 48.0 Å². The van der Waals surface area contributed by atoms with Crippen molar-refractivity contribution >= 4 is 18.3 Å². The van der Waals surface area contributed by atoms with Gasteiger partial charge in [-0.1, -0.05) is 61.5 Å². The Bertz CT molecular complexity index is 1170. The molecule has 39 heavy (non-hydrogen) atoms. The molecule has 0 aromatic heterocycles. The maximum atomic E-state index is 14.0. The topological polar surface area (TPSA) is 60.0 Å². The molecule has 1 unspecified atom stereocenters. The molecule has 1 saturated heterocycles. The van der Waals surface area contributed by atoms with E-state index in [1.807, 2.05) is 24.3 Å². The predicted molar refractivity (Wildman–Crippen MR) is 159 cm³/mol. The van der Waals surface area contributed by atoms with Gasteiger partial charge in [-0.2, -0.15) is 0 Å². The Balaban J connectivity index is 0.00000420. The minimum atomic E-state index is 0. The van der Waals surface area contributed by atoms with Gasteiger partial charge < -0.3 is 24.4 Å². The molecule has 210 valence electrons. The fourth-order valence-corrected chi connectivity index (χ4v) is 5.27. The maximum absolute atomic E-state index is 14.0. The van der Waals surface area contributed by atoms with Gasteiger partial charge in [-0.3, -0.25) is 4.79 Å². The molecule has 1 aliphatic heterocycles. The highest BCUT2D eigenvalue weighted by molar-refractivity contribution is 5.95. The molecule has 0 radical (unpaired) electrons. The van der Waals surface area contributed by atoms with Crippen LogP contribution >= 0.6 is 12.4 Å². The number of hydrogen-bond acceptors (Lipinski definition) is 5. The van der Waals surface area contributed by atoms with Crippen LogP contribution < -0.4 is 14.8 Å². The SMILES string of the molecule is CCCN(C(=O)c1ccc(OC)c(OCCCOC)c1)C1CNCC[C@@H]1c1cccc(-c2ccccc2)c1.Cl. The molecular formula is C32H41ClN2O4. The summed E-state index contributed by atoms with van der Waals surface area (Å²) in [7, 11) is 3.29. The summed E-state index contributed by atoms with van der Waals surface area (Å²) in [6, 6.07) is 24.8. The lowest BCUT2D eigenvalue weighted by atomic mass is 9.83. The Morgan fingerprint density at radius 2 is 1.74 bits per heavy atom. The highest BCUT2D eigenvalue weighted by Crippen LogP contribution is 2.34. The number of nitrogens with one attached hydrogen (secondary N) is 1. The van der Waals surface area contributed by atoms with Crippen molar-refractivity contribution in [2.24, 2.45) is 0 Å². The van der Waals surface area contributed by atoms with E-state index in [4.69, 9.17) is 14.2 Å². The Labute approximate surface area is 239 Å². The average Bonchev–Trinajstić information content (AvgIpc) is 2.98. The van der Waals surface area contributed by atoms with E-state index in [1.165, 1.54) is 16.7 Å². The molecule has 6 nitrogen and oxygen atoms in total. The predicted octanol–water partition coefficient (Wildman–Crippen LogP) is 6.20. The number of carbonyl (C=O) groups excluding carboxylic acids is 1. The van der Waals surface area contributed by atoms with Gasteiger partial charge in [0.1, 0.15) is 0 Å². The summed E-state index contributed by atoms with van der Waals surface area (Å²) in [4.78, 5) is 16.1. The van der Waals surface area contributed by atoms with Gasteiger partial charge in [0.25, 0.3) is 5.91 Å². The van der Waals surface area contributed by atoms with E-state index >= 15 is 0 Å². The lowest BCUT2D eigenvalue weighted by Gasteiger charge is -2.41. The quantitative estimate of drug-likeness (QED) is 0.271. The van der Waals surface area contributed by atoms with E-state index < -0.39 is 0 Å². The minimum absolute atomic E-state index is 0. The van der Waals surface area contributed by atoms with Crippen LogP contribution in [0.5, 0.6) is 11.5 Å². The summed E-state index contributed by atoms with van der Waals surface area (Å²) in [6.07, 6.45) is 2.62. The highest BCUT2D eigenvalue weighted by atomic mass is 35.5. The third kappa shape index (κ3) is 7.75. The molecule has 1 aliphatic rings. The Morgan fingerprint density at radius 1 is 0.949 bits per heavy atom. The first-order valence-corrected chi connectivity index (χ1v) is 13.6. The van der Waals surface area contributed by atoms with Gasteiger partial charge in [0.2, 0.25) is 0 Å². The minimum Gasteiger partial charge on any atom is -0.493 e. The van der Waals surface area contributed by atoms with Gasteiger partial charge >= 0.3 is 0 Å². The number of methoxy groups -OCH3 is 2. The van der Waals surface area contributed by atoms with Crippen LogP contribution in [-0.4, -0.2) is 63.9 Å². The molecule has 1 fully saturated rings. The number of ether oxygens (including phenoxy) is 3. The van der Waals surface area contributed by atoms with Crippen LogP contribution in [0.3, 0.4) is 0 Å². The average molecular weight is 553 g/mol. The smallest absolute Gasteiger partial charge is 0.254 e. The number of hydrogen-bond donors (Lipinski definition) is 1. The van der Waals surface area contributed by atoms with Crippen molar-refractivity contribution in [2.45, 2.75) is 38.1 Å². The fraction of sp³-hybridized carbons (Fsp3) is 0.406. The standard InChI is InChI=1S/C32H40N2O4.ClH/c1-4-18-34(32(35)27-14-15-30(37-3)31(22-27)38-20-9-19-36-2)29-23-33-17-16-28(29)26-13-8-12-25(21-26)24-10-6-5-7-11-24;/h5-8,10-15,21-22,28-29,33H,4,9,16-20,23H2,1-3H3;1H/t28-,29?;/m1./s1. The molecular weight excluding hydrogens is 512 g/mol. The zero-order chi connectivity index (χ0) is 26.7. The number of rotatable bonds is 12. The van der Waals surface area contributed by atoms with E-state index in [1.54, 1.807) is 14.2 Å². The number of carbonyl (C=O) groups is 1. The maximum Gasteiger partial charge on any atom is 0.254 e. The normalized spacial score (nSPS) is 16.7. The monoisotopic (exact) mass is 552 g/mol. The first kappa shape index (κ1) is 30.5. The second-order valence-electron chi connectivity index (χ2n) is 9.72. The molecule has 2 atom stereocenters. The van der Waals surface area contributed by atoms with Crippen LogP contribution in [0.25, 0.3) is 11.1 Å². The van der Waals surface area contributed by atoms with Crippen molar-refractivity contribution < 1.29 is 19.0 Å². The fourth-order valence-electron chi connectivity index (χ4n) is 5.27. The van der Waals surface area contributed by atoms with Gasteiger partial charge in [0, 0.05) is 44.7 Å². The number of amides is 1. The van der Waals surface area contributed by atoms with E-state index in [0.29, 0.717) is 36.8 Å². The first-order chi connectivity index (χ1) is 18.7. The molecule has 1 amide bonds. The number of piperidine rings is 1. The summed E-state index contributed by atoms with van der Waals surface area (Å²) >= 11 is 0. The van der Waals surface area contributed by atoms with Crippen molar-refractivity contribution in [3.05, 3.63) is 83.9 Å². The Hall–Kier alpha value is -3.06. The molecule has 4 rings (SSSR count). The molecule has 3 aromatic rings. The van der Waals surface area contributed by atoms with E-state index in [9.17, 15) is 4.79 Å². The van der Waals surface area contributed by atoms with E-state index in [0.717, 1.165) is 32.4 Å². The van der Waals surface area contributed by atoms with Crippen molar-refractivity contribution in [1.82, 2.24) is 10.2 Å². The number of benzene rings is 3. The zero-order valence-corrected chi connectivity index (χ0v) is 24.0. The number of halogens is 1. The first-order valence-electron chi connectivity index (χ1n) is 13.6. The van der Waals surface area contributed by atoms with Crippen molar-refractivity contribution in [3.63, 3.8) is 0 Å². The third-order valence-electron chi connectivity index (χ3n) is 7.16. The summed E-state index contributed by atoms with van der Waals surface area (Å²) < 4.78 is 16.6. The van der Waals surface area contributed by atoms with Crippen LogP contribution in [0.2, 0.25) is 0 Å². The lowest BCUT2D eigenvalue weighted by Crippen LogP contribution is -2.52. The van der Waals surface area contributed by atoms with Gasteiger partial charge in [-0.15, -0.1) is 12.4 Å². The van der Waals surface area contributed by atoms with Gasteiger partial charge in [0.05, 0.1) is 19.8 Å². The van der Waals surface area contributed by atoms with Crippen LogP contribution in [0, 0.1) is 0 Å². The van der Waals surface area contributed by atoms with Gasteiger partial charge in [-0.25, -0.2) is 0 Å². The summed E-state index contributed by atoms with van der Waals surface area (Å²) in [5, 5.41) is 3.55. The second kappa shape index (κ2) is 15.5. The van der Waals surface area contributed by atoms with Crippen molar-refractivity contribution in [2.75, 3.05) is 47.1 Å². The number of nitrogens with zero attached hydrogens (tertiary/aromatic N) is 1. The largest absolute Gasteiger partial charge is 0.493 e.